The van der Waals surface area contributed by atoms with Gasteiger partial charge in [0.2, 0.25) is 0 Å². The predicted octanol–water partition coefficient (Wildman–Crippen LogP) is 7.39. The summed E-state index contributed by atoms with van der Waals surface area (Å²) in [6.07, 6.45) is 1.37. The molecule has 0 saturated heterocycles. The first-order valence-corrected chi connectivity index (χ1v) is 12.9. The number of methoxy groups -OCH3 is 1. The number of pyridine rings is 1. The molecule has 0 atom stereocenters. The number of ether oxygens (including phenoxy) is 1. The second-order valence-electron chi connectivity index (χ2n) is 9.89. The van der Waals surface area contributed by atoms with E-state index in [1.807, 2.05) is 67.6 Å². The number of nitrogens with zero attached hydrogens (tertiary/aromatic N) is 2. The lowest BCUT2D eigenvalue weighted by Gasteiger charge is -2.12. The number of aryl methyl sites for hydroxylation is 1. The van der Waals surface area contributed by atoms with Crippen molar-refractivity contribution in [2.45, 2.75) is 25.2 Å². The summed E-state index contributed by atoms with van der Waals surface area (Å²) in [7, 11) is 1.54. The van der Waals surface area contributed by atoms with Crippen molar-refractivity contribution in [1.82, 2.24) is 10.1 Å². The molecule has 2 heterocycles. The molecule has 0 amide bonds. The van der Waals surface area contributed by atoms with Crippen LogP contribution in [0.4, 0.5) is 15.9 Å². The van der Waals surface area contributed by atoms with E-state index in [9.17, 15) is 14.3 Å². The highest BCUT2D eigenvalue weighted by molar-refractivity contribution is 5.85. The van der Waals surface area contributed by atoms with Crippen LogP contribution >= 0.6 is 0 Å². The summed E-state index contributed by atoms with van der Waals surface area (Å²) in [4.78, 5) is 16.3. The molecule has 0 bridgehead atoms. The monoisotopic (exact) mass is 535 g/mol. The molecule has 2 aromatic heterocycles. The Balaban J connectivity index is 1.25. The van der Waals surface area contributed by atoms with Crippen molar-refractivity contribution in [3.8, 4) is 39.5 Å². The second kappa shape index (κ2) is 9.96. The van der Waals surface area contributed by atoms with Crippen LogP contribution in [0.1, 0.15) is 24.1 Å². The van der Waals surface area contributed by atoms with Crippen molar-refractivity contribution >= 4 is 17.5 Å². The summed E-state index contributed by atoms with van der Waals surface area (Å²) in [5.41, 5.74) is 5.41. The van der Waals surface area contributed by atoms with Crippen LogP contribution in [0, 0.1) is 12.7 Å². The maximum absolute atomic E-state index is 14.0. The summed E-state index contributed by atoms with van der Waals surface area (Å²) in [6, 6.07) is 25.4. The molecular weight excluding hydrogens is 509 g/mol. The number of carboxylic acids is 1. The molecule has 7 nitrogen and oxygen atoms in total. The molecule has 0 radical (unpaired) electrons. The number of benzene rings is 3. The van der Waals surface area contributed by atoms with E-state index in [2.05, 4.69) is 15.5 Å². The van der Waals surface area contributed by atoms with Gasteiger partial charge in [0.15, 0.2) is 5.76 Å². The highest BCUT2D eigenvalue weighted by Gasteiger charge is 2.51. The van der Waals surface area contributed by atoms with E-state index in [1.165, 1.54) is 19.2 Å². The summed E-state index contributed by atoms with van der Waals surface area (Å²) in [5, 5.41) is 17.0. The van der Waals surface area contributed by atoms with Crippen LogP contribution < -0.4 is 10.1 Å². The molecule has 3 aromatic carbocycles. The van der Waals surface area contributed by atoms with Gasteiger partial charge in [0.25, 0.3) is 0 Å². The van der Waals surface area contributed by atoms with Gasteiger partial charge in [0.1, 0.15) is 28.8 Å². The first-order chi connectivity index (χ1) is 19.4. The van der Waals surface area contributed by atoms with Crippen LogP contribution in [0.3, 0.4) is 0 Å². The molecule has 1 fully saturated rings. The van der Waals surface area contributed by atoms with E-state index in [-0.39, 0.29) is 5.82 Å². The number of nitrogens with one attached hydrogen (secondary N) is 1. The van der Waals surface area contributed by atoms with E-state index >= 15 is 0 Å². The minimum absolute atomic E-state index is 0.375. The van der Waals surface area contributed by atoms with E-state index < -0.39 is 11.4 Å². The zero-order valence-corrected chi connectivity index (χ0v) is 21.9. The fourth-order valence-electron chi connectivity index (χ4n) is 4.92. The van der Waals surface area contributed by atoms with Crippen molar-refractivity contribution in [2.24, 2.45) is 0 Å². The van der Waals surface area contributed by atoms with Crippen LogP contribution in [0.5, 0.6) is 5.75 Å². The van der Waals surface area contributed by atoms with E-state index in [1.54, 1.807) is 12.1 Å². The zero-order valence-electron chi connectivity index (χ0n) is 21.9. The quantitative estimate of drug-likeness (QED) is 0.214. The van der Waals surface area contributed by atoms with Crippen molar-refractivity contribution < 1.29 is 23.6 Å². The van der Waals surface area contributed by atoms with E-state index in [4.69, 9.17) is 9.26 Å². The van der Waals surface area contributed by atoms with Gasteiger partial charge in [-0.05, 0) is 66.8 Å². The van der Waals surface area contributed by atoms with Crippen LogP contribution in [0.15, 0.2) is 89.5 Å². The number of hydrogen-bond acceptors (Lipinski definition) is 6. The zero-order chi connectivity index (χ0) is 27.9. The number of carbonyl (C=O) groups is 1. The number of hydrogen-bond donors (Lipinski definition) is 2. The summed E-state index contributed by atoms with van der Waals surface area (Å²) in [5.74, 6) is 0.498. The molecule has 200 valence electrons. The fourth-order valence-corrected chi connectivity index (χ4v) is 4.92. The molecule has 0 spiro atoms. The lowest BCUT2D eigenvalue weighted by molar-refractivity contribution is -0.140. The smallest absolute Gasteiger partial charge is 0.314 e. The average molecular weight is 536 g/mol. The van der Waals surface area contributed by atoms with Crippen molar-refractivity contribution in [2.75, 3.05) is 12.4 Å². The summed E-state index contributed by atoms with van der Waals surface area (Å²) < 4.78 is 25.0. The Bertz CT molecular complexity index is 1710. The largest absolute Gasteiger partial charge is 0.496 e. The summed E-state index contributed by atoms with van der Waals surface area (Å²) >= 11 is 0. The predicted molar refractivity (Wildman–Crippen MR) is 150 cm³/mol. The normalized spacial score (nSPS) is 13.6. The van der Waals surface area contributed by atoms with Gasteiger partial charge in [-0.3, -0.25) is 4.79 Å². The highest BCUT2D eigenvalue weighted by Crippen LogP contribution is 2.48. The minimum atomic E-state index is -0.757. The van der Waals surface area contributed by atoms with Gasteiger partial charge in [-0.15, -0.1) is 0 Å². The van der Waals surface area contributed by atoms with Crippen LogP contribution in [0.2, 0.25) is 0 Å². The topological polar surface area (TPSA) is 97.5 Å². The minimum Gasteiger partial charge on any atom is -0.496 e. The molecule has 6 rings (SSSR count). The standard InChI is InChI=1S/C32H26FN3O4/c1-19-29(35-28-5-3-4-26(34-28)25-18-24(33)14-15-27(25)39-2)30(40-36-19)22-8-6-20(7-9-22)21-10-12-23(13-11-21)32(16-17-32)31(37)38/h3-15,18H,16-17H2,1-2H3,(H,34,35)(H,37,38). The van der Waals surface area contributed by atoms with Gasteiger partial charge in [0, 0.05) is 11.1 Å². The van der Waals surface area contributed by atoms with E-state index in [0.29, 0.717) is 52.8 Å². The molecule has 0 unspecified atom stereocenters. The number of anilines is 2. The number of aliphatic carboxylic acids is 1. The van der Waals surface area contributed by atoms with Gasteiger partial charge in [-0.25, -0.2) is 9.37 Å². The Morgan fingerprint density at radius 2 is 1.65 bits per heavy atom. The number of rotatable bonds is 8. The molecule has 1 aliphatic carbocycles. The Labute approximate surface area is 230 Å². The van der Waals surface area contributed by atoms with Crippen LogP contribution in [0.25, 0.3) is 33.7 Å². The first kappa shape index (κ1) is 25.3. The van der Waals surface area contributed by atoms with Gasteiger partial charge in [0.05, 0.1) is 18.2 Å². The first-order valence-electron chi connectivity index (χ1n) is 12.9. The summed E-state index contributed by atoms with van der Waals surface area (Å²) in [6.45, 7) is 1.84. The molecule has 0 aliphatic heterocycles. The van der Waals surface area contributed by atoms with Crippen LogP contribution in [-0.2, 0) is 10.2 Å². The van der Waals surface area contributed by atoms with Gasteiger partial charge in [-0.1, -0.05) is 59.8 Å². The fraction of sp³-hybridized carbons (Fsp3) is 0.156. The molecular formula is C32H26FN3O4. The average Bonchev–Trinajstić information content (AvgIpc) is 3.72. The Kier molecular flexibility index (Phi) is 6.30. The molecule has 1 saturated carbocycles. The lowest BCUT2D eigenvalue weighted by atomic mass is 9.93. The molecule has 8 heteroatoms. The van der Waals surface area contributed by atoms with Crippen molar-refractivity contribution in [3.05, 3.63) is 102 Å². The Morgan fingerprint density at radius 3 is 2.30 bits per heavy atom. The third kappa shape index (κ3) is 4.58. The number of aromatic nitrogens is 2. The van der Waals surface area contributed by atoms with Crippen molar-refractivity contribution in [1.29, 1.82) is 0 Å². The molecule has 5 aromatic rings. The molecule has 1 aliphatic rings. The van der Waals surface area contributed by atoms with E-state index in [0.717, 1.165) is 22.3 Å². The van der Waals surface area contributed by atoms with Crippen molar-refractivity contribution in [3.63, 3.8) is 0 Å². The highest BCUT2D eigenvalue weighted by atomic mass is 19.1. The van der Waals surface area contributed by atoms with Gasteiger partial charge >= 0.3 is 5.97 Å². The molecule has 2 N–H and O–H groups in total. The lowest BCUT2D eigenvalue weighted by Crippen LogP contribution is -2.19. The van der Waals surface area contributed by atoms with Crippen LogP contribution in [-0.4, -0.2) is 28.3 Å². The number of halogens is 1. The second-order valence-corrected chi connectivity index (χ2v) is 9.89. The Morgan fingerprint density at radius 1 is 0.975 bits per heavy atom. The molecule has 40 heavy (non-hydrogen) atoms. The van der Waals surface area contributed by atoms with Gasteiger partial charge < -0.3 is 19.7 Å². The third-order valence-corrected chi connectivity index (χ3v) is 7.38. The number of carboxylic acid groups (broad SMARTS) is 1. The third-order valence-electron chi connectivity index (χ3n) is 7.38. The maximum atomic E-state index is 14.0. The van der Waals surface area contributed by atoms with Gasteiger partial charge in [-0.2, -0.15) is 0 Å². The maximum Gasteiger partial charge on any atom is 0.314 e. The Hall–Kier alpha value is -4.98. The SMILES string of the molecule is COc1ccc(F)cc1-c1cccc(Nc2c(C)noc2-c2ccc(-c3ccc(C4(C(=O)O)CC4)cc3)cc2)n1.